The maximum absolute atomic E-state index is 13.7. The molecule has 4 heteroatoms. The van der Waals surface area contributed by atoms with Crippen molar-refractivity contribution in [1.82, 2.24) is 4.98 Å². The van der Waals surface area contributed by atoms with E-state index in [2.05, 4.69) is 4.98 Å². The van der Waals surface area contributed by atoms with Gasteiger partial charge in [0, 0.05) is 17.1 Å². The predicted octanol–water partition coefficient (Wildman–Crippen LogP) is 2.56. The van der Waals surface area contributed by atoms with Crippen LogP contribution in [0.25, 0.3) is 10.9 Å². The minimum atomic E-state index is -0.504. The Morgan fingerprint density at radius 1 is 1.38 bits per heavy atom. The van der Waals surface area contributed by atoms with Crippen molar-refractivity contribution in [3.63, 3.8) is 0 Å². The minimum absolute atomic E-state index is 0.232. The topological polar surface area (TPSA) is 45.9 Å². The Morgan fingerprint density at radius 3 is 2.75 bits per heavy atom. The molecule has 2 rings (SSSR count). The molecule has 80 valence electrons. The number of rotatable bonds is 1. The van der Waals surface area contributed by atoms with E-state index in [0.717, 1.165) is 0 Å². The highest BCUT2D eigenvalue weighted by Crippen LogP contribution is 2.27. The molecule has 3 nitrogen and oxygen atoms in total. The zero-order valence-electron chi connectivity index (χ0n) is 8.91. The maximum atomic E-state index is 13.7. The van der Waals surface area contributed by atoms with Crippen LogP contribution in [0.4, 0.5) is 4.39 Å². The van der Waals surface area contributed by atoms with Crippen molar-refractivity contribution in [3.05, 3.63) is 35.3 Å². The predicted molar refractivity (Wildman–Crippen MR) is 57.7 cm³/mol. The molecule has 0 saturated carbocycles. The van der Waals surface area contributed by atoms with Crippen molar-refractivity contribution in [2.75, 3.05) is 7.11 Å². The Hall–Kier alpha value is -2.15. The normalized spacial score (nSPS) is 10.1. The number of hydrogen-bond donors (Lipinski definition) is 0. The number of benzene rings is 1. The number of halogens is 1. The average molecular weight is 216 g/mol. The largest absolute Gasteiger partial charge is 0.496 e. The molecule has 0 unspecified atom stereocenters. The molecular formula is C12H9FN2O. The lowest BCUT2D eigenvalue weighted by Crippen LogP contribution is -1.93. The Balaban J connectivity index is 2.90. The monoisotopic (exact) mass is 216 g/mol. The molecule has 1 aromatic heterocycles. The second-order valence-electron chi connectivity index (χ2n) is 3.43. The van der Waals surface area contributed by atoms with Crippen LogP contribution in [0.15, 0.2) is 18.2 Å². The van der Waals surface area contributed by atoms with E-state index < -0.39 is 5.82 Å². The van der Waals surface area contributed by atoms with Gasteiger partial charge in [0.2, 0.25) is 0 Å². The Labute approximate surface area is 92.1 Å². The zero-order valence-corrected chi connectivity index (χ0v) is 8.91. The molecule has 0 aliphatic rings. The third kappa shape index (κ3) is 1.57. The Kier molecular flexibility index (Phi) is 2.45. The summed E-state index contributed by atoms with van der Waals surface area (Å²) in [6.07, 6.45) is 0. The van der Waals surface area contributed by atoms with Gasteiger partial charge in [0.05, 0.1) is 18.7 Å². The molecule has 1 heterocycles. The molecule has 0 aliphatic carbocycles. The first kappa shape index (κ1) is 10.4. The highest BCUT2D eigenvalue weighted by molar-refractivity contribution is 5.87. The van der Waals surface area contributed by atoms with Crippen LogP contribution in [-0.4, -0.2) is 12.1 Å². The number of fused-ring (bicyclic) bond motifs is 1. The van der Waals surface area contributed by atoms with Gasteiger partial charge in [-0.1, -0.05) is 0 Å². The van der Waals surface area contributed by atoms with Gasteiger partial charge in [0.15, 0.2) is 5.82 Å². The fourth-order valence-corrected chi connectivity index (χ4v) is 1.61. The molecule has 0 radical (unpaired) electrons. The van der Waals surface area contributed by atoms with E-state index >= 15 is 0 Å². The van der Waals surface area contributed by atoms with Crippen LogP contribution in [0.5, 0.6) is 5.75 Å². The van der Waals surface area contributed by atoms with Crippen LogP contribution in [0.1, 0.15) is 11.3 Å². The molecule has 0 aliphatic heterocycles. The number of hydrogen-bond acceptors (Lipinski definition) is 3. The summed E-state index contributed by atoms with van der Waals surface area (Å²) in [6.45, 7) is 1.76. The Morgan fingerprint density at radius 2 is 2.12 bits per heavy atom. The average Bonchev–Trinajstić information content (AvgIpc) is 2.28. The number of methoxy groups -OCH3 is 1. The molecule has 0 fully saturated rings. The molecule has 0 N–H and O–H groups in total. The van der Waals surface area contributed by atoms with Gasteiger partial charge in [-0.25, -0.2) is 9.37 Å². The lowest BCUT2D eigenvalue weighted by atomic mass is 10.1. The van der Waals surface area contributed by atoms with Crippen molar-refractivity contribution >= 4 is 10.9 Å². The highest BCUT2D eigenvalue weighted by Gasteiger charge is 2.10. The molecule has 16 heavy (non-hydrogen) atoms. The van der Waals surface area contributed by atoms with Crippen molar-refractivity contribution in [2.45, 2.75) is 6.92 Å². The summed E-state index contributed by atoms with van der Waals surface area (Å²) in [5.41, 5.74) is 1.16. The minimum Gasteiger partial charge on any atom is -0.496 e. The number of aromatic nitrogens is 1. The van der Waals surface area contributed by atoms with Crippen molar-refractivity contribution < 1.29 is 9.13 Å². The van der Waals surface area contributed by atoms with E-state index in [9.17, 15) is 4.39 Å². The van der Waals surface area contributed by atoms with Crippen LogP contribution >= 0.6 is 0 Å². The fraction of sp³-hybridized carbons (Fsp3) is 0.167. The molecule has 0 bridgehead atoms. The number of aryl methyl sites for hydroxylation is 1. The molecule has 0 saturated heterocycles. The second kappa shape index (κ2) is 3.78. The van der Waals surface area contributed by atoms with Gasteiger partial charge in [-0.05, 0) is 19.1 Å². The molecule has 0 atom stereocenters. The lowest BCUT2D eigenvalue weighted by Gasteiger charge is -2.07. The molecular weight excluding hydrogens is 207 g/mol. The summed E-state index contributed by atoms with van der Waals surface area (Å²) in [4.78, 5) is 4.09. The first-order valence-corrected chi connectivity index (χ1v) is 4.70. The summed E-state index contributed by atoms with van der Waals surface area (Å²) in [7, 11) is 1.51. The fourth-order valence-electron chi connectivity index (χ4n) is 1.61. The van der Waals surface area contributed by atoms with Crippen LogP contribution in [-0.2, 0) is 0 Å². The van der Waals surface area contributed by atoms with Crippen LogP contribution in [0, 0.1) is 24.1 Å². The second-order valence-corrected chi connectivity index (χ2v) is 3.43. The quantitative estimate of drug-likeness (QED) is 0.735. The Bertz CT molecular complexity index is 602. The van der Waals surface area contributed by atoms with E-state index in [1.165, 1.54) is 13.2 Å². The number of nitriles is 1. The first-order valence-electron chi connectivity index (χ1n) is 4.70. The van der Waals surface area contributed by atoms with Crippen molar-refractivity contribution in [3.8, 4) is 11.8 Å². The number of nitrogens with zero attached hydrogens (tertiary/aromatic N) is 2. The van der Waals surface area contributed by atoms with Crippen LogP contribution in [0.3, 0.4) is 0 Å². The van der Waals surface area contributed by atoms with Gasteiger partial charge >= 0.3 is 0 Å². The van der Waals surface area contributed by atoms with Gasteiger partial charge in [0.1, 0.15) is 11.3 Å². The summed E-state index contributed by atoms with van der Waals surface area (Å²) >= 11 is 0. The summed E-state index contributed by atoms with van der Waals surface area (Å²) in [5, 5.41) is 9.28. The highest BCUT2D eigenvalue weighted by atomic mass is 19.1. The van der Waals surface area contributed by atoms with Gasteiger partial charge in [-0.2, -0.15) is 5.26 Å². The summed E-state index contributed by atoms with van der Waals surface area (Å²) in [6, 6.07) is 6.36. The molecule has 2 aromatic rings. The third-order valence-electron chi connectivity index (χ3n) is 2.31. The lowest BCUT2D eigenvalue weighted by molar-refractivity contribution is 0.419. The standard InChI is InChI=1S/C12H9FN2O/c1-7-3-11(16-2)9-4-8(6-14)5-10(13)12(9)15-7/h3-5H,1-2H3. The third-order valence-corrected chi connectivity index (χ3v) is 2.31. The van der Waals surface area contributed by atoms with Crippen LogP contribution in [0.2, 0.25) is 0 Å². The van der Waals surface area contributed by atoms with E-state index in [1.807, 2.05) is 6.07 Å². The van der Waals surface area contributed by atoms with Gasteiger partial charge < -0.3 is 4.74 Å². The first-order chi connectivity index (χ1) is 7.65. The smallest absolute Gasteiger partial charge is 0.150 e. The maximum Gasteiger partial charge on any atom is 0.150 e. The zero-order chi connectivity index (χ0) is 11.7. The molecule has 1 aromatic carbocycles. The van der Waals surface area contributed by atoms with Gasteiger partial charge in [-0.15, -0.1) is 0 Å². The van der Waals surface area contributed by atoms with Crippen molar-refractivity contribution in [2.24, 2.45) is 0 Å². The SMILES string of the molecule is COc1cc(C)nc2c(F)cc(C#N)cc12. The van der Waals surface area contributed by atoms with Crippen molar-refractivity contribution in [1.29, 1.82) is 5.26 Å². The van der Waals surface area contributed by atoms with E-state index in [-0.39, 0.29) is 11.1 Å². The van der Waals surface area contributed by atoms with Crippen LogP contribution < -0.4 is 4.74 Å². The van der Waals surface area contributed by atoms with Gasteiger partial charge in [-0.3, -0.25) is 0 Å². The van der Waals surface area contributed by atoms with E-state index in [1.54, 1.807) is 19.1 Å². The number of pyridine rings is 1. The van der Waals surface area contributed by atoms with E-state index in [0.29, 0.717) is 16.8 Å². The summed E-state index contributed by atoms with van der Waals surface area (Å²) in [5.74, 6) is 0.0227. The van der Waals surface area contributed by atoms with E-state index in [4.69, 9.17) is 10.00 Å². The molecule has 0 amide bonds. The molecule has 0 spiro atoms. The number of ether oxygens (including phenoxy) is 1. The van der Waals surface area contributed by atoms with Gasteiger partial charge in [0.25, 0.3) is 0 Å². The summed E-state index contributed by atoms with van der Waals surface area (Å²) < 4.78 is 18.8.